The fourth-order valence-corrected chi connectivity index (χ4v) is 1.14. The number of methoxy groups -OCH3 is 1. The molecule has 0 fully saturated rings. The number of alkyl halides is 2. The Morgan fingerprint density at radius 2 is 2.20 bits per heavy atom. The third-order valence-electron chi connectivity index (χ3n) is 1.89. The highest BCUT2D eigenvalue weighted by Gasteiger charge is 2.18. The highest BCUT2D eigenvalue weighted by Crippen LogP contribution is 2.24. The molecule has 4 nitrogen and oxygen atoms in total. The fraction of sp³-hybridized carbons (Fsp3) is 0.333. The van der Waals surface area contributed by atoms with Gasteiger partial charge in [-0.3, -0.25) is 0 Å². The minimum Gasteiger partial charge on any atom is -0.465 e. The van der Waals surface area contributed by atoms with Crippen LogP contribution in [0.25, 0.3) is 0 Å². The average molecular weight is 216 g/mol. The van der Waals surface area contributed by atoms with Gasteiger partial charge in [0.05, 0.1) is 7.11 Å². The van der Waals surface area contributed by atoms with Crippen LogP contribution in [0.15, 0.2) is 6.07 Å². The van der Waals surface area contributed by atoms with Crippen LogP contribution >= 0.6 is 0 Å². The molecule has 0 aliphatic heterocycles. The summed E-state index contributed by atoms with van der Waals surface area (Å²) in [5.41, 5.74) is 5.15. The number of carbonyl (C=O) groups is 1. The molecule has 1 aromatic rings. The van der Waals surface area contributed by atoms with Crippen LogP contribution < -0.4 is 5.73 Å². The number of carbonyl (C=O) groups excluding carboxylic acids is 1. The highest BCUT2D eigenvalue weighted by molar-refractivity contribution is 5.94. The number of nitrogen functional groups attached to an aromatic ring is 1. The van der Waals surface area contributed by atoms with Gasteiger partial charge in [-0.05, 0) is 18.6 Å². The molecule has 1 aromatic heterocycles. The maximum atomic E-state index is 12.4. The number of aromatic nitrogens is 1. The van der Waals surface area contributed by atoms with Gasteiger partial charge in [-0.1, -0.05) is 0 Å². The van der Waals surface area contributed by atoms with E-state index in [4.69, 9.17) is 5.73 Å². The number of aryl methyl sites for hydroxylation is 1. The van der Waals surface area contributed by atoms with Crippen LogP contribution in [0, 0.1) is 6.92 Å². The van der Waals surface area contributed by atoms with E-state index in [1.165, 1.54) is 20.1 Å². The van der Waals surface area contributed by atoms with E-state index in [-0.39, 0.29) is 16.9 Å². The number of rotatable bonds is 2. The van der Waals surface area contributed by atoms with E-state index in [1.54, 1.807) is 0 Å². The molecule has 0 atom stereocenters. The molecule has 0 aliphatic rings. The number of hydrogen-bond acceptors (Lipinski definition) is 4. The van der Waals surface area contributed by atoms with Crippen LogP contribution in [-0.2, 0) is 4.74 Å². The molecule has 0 radical (unpaired) electrons. The molecule has 0 saturated heterocycles. The number of nitrogens with two attached hydrogens (primary N) is 1. The molecule has 15 heavy (non-hydrogen) atoms. The predicted molar refractivity (Wildman–Crippen MR) is 49.7 cm³/mol. The second-order valence-corrected chi connectivity index (χ2v) is 2.92. The summed E-state index contributed by atoms with van der Waals surface area (Å²) in [5, 5.41) is 0. The topological polar surface area (TPSA) is 65.2 Å². The minimum atomic E-state index is -2.71. The van der Waals surface area contributed by atoms with Crippen LogP contribution in [0.2, 0.25) is 0 Å². The molecule has 0 aromatic carbocycles. The first-order valence-corrected chi connectivity index (χ1v) is 4.10. The quantitative estimate of drug-likeness (QED) is 0.764. The number of hydrogen-bond donors (Lipinski definition) is 1. The van der Waals surface area contributed by atoms with Crippen molar-refractivity contribution in [3.05, 3.63) is 22.9 Å². The van der Waals surface area contributed by atoms with Gasteiger partial charge in [0.1, 0.15) is 17.1 Å². The fourth-order valence-electron chi connectivity index (χ4n) is 1.14. The van der Waals surface area contributed by atoms with E-state index in [0.717, 1.165) is 0 Å². The van der Waals surface area contributed by atoms with Crippen molar-refractivity contribution in [3.8, 4) is 0 Å². The van der Waals surface area contributed by atoms with Crippen LogP contribution in [0.5, 0.6) is 0 Å². The van der Waals surface area contributed by atoms with E-state index in [1.807, 2.05) is 0 Å². The monoisotopic (exact) mass is 216 g/mol. The van der Waals surface area contributed by atoms with Gasteiger partial charge in [0.2, 0.25) is 0 Å². The summed E-state index contributed by atoms with van der Waals surface area (Å²) in [7, 11) is 1.18. The molecule has 0 unspecified atom stereocenters. The van der Waals surface area contributed by atoms with Crippen molar-refractivity contribution in [1.29, 1.82) is 0 Å². The molecular formula is C9H10F2N2O2. The first-order chi connectivity index (χ1) is 6.97. The molecule has 0 saturated carbocycles. The molecule has 82 valence electrons. The smallest absolute Gasteiger partial charge is 0.341 e. The van der Waals surface area contributed by atoms with Crippen molar-refractivity contribution in [2.45, 2.75) is 13.3 Å². The van der Waals surface area contributed by atoms with Crippen LogP contribution in [0.1, 0.15) is 28.0 Å². The first-order valence-electron chi connectivity index (χ1n) is 4.10. The van der Waals surface area contributed by atoms with Gasteiger partial charge in [-0.25, -0.2) is 18.6 Å². The molecule has 1 heterocycles. The van der Waals surface area contributed by atoms with Crippen LogP contribution in [0.4, 0.5) is 14.6 Å². The van der Waals surface area contributed by atoms with E-state index in [9.17, 15) is 13.6 Å². The van der Waals surface area contributed by atoms with Crippen LogP contribution in [-0.4, -0.2) is 18.1 Å². The summed E-state index contributed by atoms with van der Waals surface area (Å²) in [4.78, 5) is 14.6. The molecule has 0 aliphatic carbocycles. The lowest BCUT2D eigenvalue weighted by Gasteiger charge is -2.08. The summed E-state index contributed by atoms with van der Waals surface area (Å²) < 4.78 is 29.2. The lowest BCUT2D eigenvalue weighted by atomic mass is 10.1. The zero-order chi connectivity index (χ0) is 11.6. The summed E-state index contributed by atoms with van der Waals surface area (Å²) in [6.07, 6.45) is -2.71. The zero-order valence-corrected chi connectivity index (χ0v) is 8.25. The molecule has 0 spiro atoms. The van der Waals surface area contributed by atoms with Crippen molar-refractivity contribution in [3.63, 3.8) is 0 Å². The molecule has 0 bridgehead atoms. The maximum Gasteiger partial charge on any atom is 0.341 e. The Kier molecular flexibility index (Phi) is 3.18. The number of pyridine rings is 1. The van der Waals surface area contributed by atoms with Crippen molar-refractivity contribution >= 4 is 11.8 Å². The van der Waals surface area contributed by atoms with Crippen molar-refractivity contribution in [1.82, 2.24) is 4.98 Å². The zero-order valence-electron chi connectivity index (χ0n) is 8.25. The third-order valence-corrected chi connectivity index (χ3v) is 1.89. The summed E-state index contributed by atoms with van der Waals surface area (Å²) >= 11 is 0. The number of nitrogens with zero attached hydrogens (tertiary/aromatic N) is 1. The standard InChI is InChI=1S/C9H10F2N2O2/c1-4-3-5(9(14)15-2)8(12)13-6(4)7(10)11/h3,7H,1-2H3,(H2,12,13). The largest absolute Gasteiger partial charge is 0.465 e. The molecular weight excluding hydrogens is 206 g/mol. The van der Waals surface area contributed by atoms with Gasteiger partial charge in [0.25, 0.3) is 6.43 Å². The number of halogens is 2. The Morgan fingerprint density at radius 3 is 2.67 bits per heavy atom. The van der Waals surface area contributed by atoms with E-state index >= 15 is 0 Å². The van der Waals surface area contributed by atoms with Gasteiger partial charge < -0.3 is 10.5 Å². The Bertz CT molecular complexity index is 394. The van der Waals surface area contributed by atoms with Gasteiger partial charge in [-0.2, -0.15) is 0 Å². The van der Waals surface area contributed by atoms with E-state index in [0.29, 0.717) is 0 Å². The lowest BCUT2D eigenvalue weighted by molar-refractivity contribution is 0.0601. The predicted octanol–water partition coefficient (Wildman–Crippen LogP) is 1.70. The van der Waals surface area contributed by atoms with Crippen molar-refractivity contribution < 1.29 is 18.3 Å². The molecule has 6 heteroatoms. The van der Waals surface area contributed by atoms with Crippen LogP contribution in [0.3, 0.4) is 0 Å². The summed E-state index contributed by atoms with van der Waals surface area (Å²) in [6, 6.07) is 1.25. The molecule has 2 N–H and O–H groups in total. The number of anilines is 1. The average Bonchev–Trinajstić information content (AvgIpc) is 2.19. The lowest BCUT2D eigenvalue weighted by Crippen LogP contribution is -2.10. The van der Waals surface area contributed by atoms with E-state index in [2.05, 4.69) is 9.72 Å². The Hall–Kier alpha value is -1.72. The third kappa shape index (κ3) is 2.20. The normalized spacial score (nSPS) is 10.5. The SMILES string of the molecule is COC(=O)c1cc(C)c(C(F)F)nc1N. The summed E-state index contributed by atoms with van der Waals surface area (Å²) in [6.45, 7) is 1.43. The Morgan fingerprint density at radius 1 is 1.60 bits per heavy atom. The van der Waals surface area contributed by atoms with Crippen molar-refractivity contribution in [2.24, 2.45) is 0 Å². The number of ether oxygens (including phenoxy) is 1. The second kappa shape index (κ2) is 4.20. The van der Waals surface area contributed by atoms with Gasteiger partial charge in [0, 0.05) is 0 Å². The first kappa shape index (κ1) is 11.4. The van der Waals surface area contributed by atoms with Crippen molar-refractivity contribution in [2.75, 3.05) is 12.8 Å². The second-order valence-electron chi connectivity index (χ2n) is 2.92. The minimum absolute atomic E-state index is 0.000556. The van der Waals surface area contributed by atoms with E-state index < -0.39 is 18.1 Å². The van der Waals surface area contributed by atoms with Gasteiger partial charge in [0.15, 0.2) is 0 Å². The molecule has 0 amide bonds. The Labute approximate surface area is 85.1 Å². The summed E-state index contributed by atoms with van der Waals surface area (Å²) in [5.74, 6) is -0.938. The Balaban J connectivity index is 3.25. The van der Waals surface area contributed by atoms with Gasteiger partial charge in [-0.15, -0.1) is 0 Å². The maximum absolute atomic E-state index is 12.4. The molecule has 1 rings (SSSR count). The highest BCUT2D eigenvalue weighted by atomic mass is 19.3. The van der Waals surface area contributed by atoms with Gasteiger partial charge >= 0.3 is 5.97 Å². The number of esters is 1.